The lowest BCUT2D eigenvalue weighted by Crippen LogP contribution is -2.19. The predicted octanol–water partition coefficient (Wildman–Crippen LogP) is -0.144. The van der Waals surface area contributed by atoms with Gasteiger partial charge in [-0.15, -0.1) is 5.10 Å². The second-order valence-electron chi connectivity index (χ2n) is 3.30. The van der Waals surface area contributed by atoms with Crippen LogP contribution < -0.4 is 11.2 Å². The average molecular weight is 246 g/mol. The number of hydrogen-bond acceptors (Lipinski definition) is 6. The molecular weight excluding hydrogens is 236 g/mol. The number of hydrogen-bond donors (Lipinski definition) is 4. The Morgan fingerprint density at radius 3 is 2.94 bits per heavy atom. The molecule has 5 N–H and O–H groups in total. The lowest BCUT2D eigenvalue weighted by molar-refractivity contribution is 0.0945. The number of hydrazone groups is 1. The summed E-state index contributed by atoms with van der Waals surface area (Å²) < 4.78 is 0. The fraction of sp³-hybridized carbons (Fsp3) is 0. The van der Waals surface area contributed by atoms with Gasteiger partial charge in [0.25, 0.3) is 0 Å². The first-order chi connectivity index (χ1) is 8.66. The van der Waals surface area contributed by atoms with Crippen molar-refractivity contribution in [3.05, 3.63) is 35.7 Å². The Bertz CT molecular complexity index is 592. The summed E-state index contributed by atoms with van der Waals surface area (Å²) in [5.41, 5.74) is 7.95. The van der Waals surface area contributed by atoms with Crippen LogP contribution in [-0.4, -0.2) is 32.4 Å². The molecule has 92 valence electrons. The van der Waals surface area contributed by atoms with Crippen LogP contribution in [0, 0.1) is 0 Å². The van der Waals surface area contributed by atoms with Crippen LogP contribution >= 0.6 is 0 Å². The van der Waals surface area contributed by atoms with E-state index in [1.54, 1.807) is 18.2 Å². The highest BCUT2D eigenvalue weighted by Crippen LogP contribution is 2.12. The quantitative estimate of drug-likeness (QED) is 0.442. The molecule has 1 aromatic heterocycles. The smallest absolute Gasteiger partial charge is 0.308 e. The van der Waals surface area contributed by atoms with Gasteiger partial charge in [-0.25, -0.2) is 5.43 Å². The summed E-state index contributed by atoms with van der Waals surface area (Å²) in [5, 5.41) is 19.0. The van der Waals surface area contributed by atoms with Crippen LogP contribution in [-0.2, 0) is 0 Å². The van der Waals surface area contributed by atoms with Crippen molar-refractivity contribution in [2.75, 3.05) is 5.73 Å². The first kappa shape index (κ1) is 11.6. The summed E-state index contributed by atoms with van der Waals surface area (Å²) in [7, 11) is 0. The first-order valence-electron chi connectivity index (χ1n) is 4.96. The molecule has 1 aromatic carbocycles. The van der Waals surface area contributed by atoms with E-state index in [2.05, 4.69) is 25.7 Å². The van der Waals surface area contributed by atoms with Crippen molar-refractivity contribution in [3.8, 4) is 5.75 Å². The highest BCUT2D eigenvalue weighted by Gasteiger charge is 2.08. The summed E-state index contributed by atoms with van der Waals surface area (Å²) in [6.07, 6.45) is 1.31. The molecule has 8 nitrogen and oxygen atoms in total. The van der Waals surface area contributed by atoms with Gasteiger partial charge in [-0.05, 0) is 12.1 Å². The van der Waals surface area contributed by atoms with Crippen LogP contribution in [0.25, 0.3) is 0 Å². The Balaban J connectivity index is 2.00. The standard InChI is InChI=1S/C10H10N6O2/c11-10-13-8(14-16-10)9(18)15-12-5-6-3-1-2-4-7(6)17/h1-5,17H,(H,15,18)(H3,11,13,14,16)/b12-5+. The maximum Gasteiger partial charge on any atom is 0.308 e. The van der Waals surface area contributed by atoms with Gasteiger partial charge in [0.15, 0.2) is 0 Å². The molecule has 2 aromatic rings. The van der Waals surface area contributed by atoms with E-state index in [1.807, 2.05) is 0 Å². The number of para-hydroxylation sites is 1. The number of anilines is 1. The van der Waals surface area contributed by atoms with E-state index in [4.69, 9.17) is 5.73 Å². The number of phenolic OH excluding ortho intramolecular Hbond substituents is 1. The van der Waals surface area contributed by atoms with Gasteiger partial charge in [0.05, 0.1) is 6.21 Å². The molecule has 0 aliphatic rings. The minimum absolute atomic E-state index is 0.0233. The van der Waals surface area contributed by atoms with E-state index >= 15 is 0 Å². The molecule has 0 radical (unpaired) electrons. The number of aromatic amines is 1. The maximum absolute atomic E-state index is 11.5. The number of nitrogens with one attached hydrogen (secondary N) is 2. The largest absolute Gasteiger partial charge is 0.507 e. The summed E-state index contributed by atoms with van der Waals surface area (Å²) >= 11 is 0. The second-order valence-corrected chi connectivity index (χ2v) is 3.30. The van der Waals surface area contributed by atoms with Gasteiger partial charge in [-0.2, -0.15) is 10.1 Å². The van der Waals surface area contributed by atoms with Gasteiger partial charge < -0.3 is 10.8 Å². The van der Waals surface area contributed by atoms with Crippen molar-refractivity contribution in [2.24, 2.45) is 5.10 Å². The van der Waals surface area contributed by atoms with Crippen molar-refractivity contribution >= 4 is 18.1 Å². The number of aromatic hydroxyl groups is 1. The molecule has 8 heteroatoms. The van der Waals surface area contributed by atoms with Gasteiger partial charge in [-0.3, -0.25) is 9.89 Å². The minimum atomic E-state index is -0.578. The Hall–Kier alpha value is -2.90. The fourth-order valence-electron chi connectivity index (χ4n) is 1.19. The number of rotatable bonds is 3. The van der Waals surface area contributed by atoms with Crippen molar-refractivity contribution in [1.82, 2.24) is 20.6 Å². The molecule has 2 rings (SSSR count). The first-order valence-corrected chi connectivity index (χ1v) is 4.96. The Kier molecular flexibility index (Phi) is 3.19. The van der Waals surface area contributed by atoms with Gasteiger partial charge in [0.1, 0.15) is 5.75 Å². The molecule has 0 fully saturated rings. The molecule has 1 heterocycles. The molecule has 0 bridgehead atoms. The minimum Gasteiger partial charge on any atom is -0.507 e. The third-order valence-electron chi connectivity index (χ3n) is 2.02. The zero-order valence-corrected chi connectivity index (χ0v) is 9.16. The third-order valence-corrected chi connectivity index (χ3v) is 2.02. The van der Waals surface area contributed by atoms with Gasteiger partial charge in [-0.1, -0.05) is 12.1 Å². The Morgan fingerprint density at radius 1 is 1.50 bits per heavy atom. The number of carbonyl (C=O) groups is 1. The summed E-state index contributed by atoms with van der Waals surface area (Å²) in [4.78, 5) is 15.1. The van der Waals surface area contributed by atoms with Gasteiger partial charge in [0.2, 0.25) is 11.8 Å². The van der Waals surface area contributed by atoms with E-state index in [1.165, 1.54) is 12.3 Å². The lowest BCUT2D eigenvalue weighted by Gasteiger charge is -1.97. The number of benzene rings is 1. The normalized spacial score (nSPS) is 10.7. The molecule has 0 aliphatic carbocycles. The van der Waals surface area contributed by atoms with Crippen LogP contribution in [0.2, 0.25) is 0 Å². The number of phenols is 1. The van der Waals surface area contributed by atoms with E-state index in [0.717, 1.165) is 0 Å². The highest BCUT2D eigenvalue weighted by atomic mass is 16.3. The third kappa shape index (κ3) is 2.61. The van der Waals surface area contributed by atoms with Crippen LogP contribution in [0.4, 0.5) is 5.95 Å². The van der Waals surface area contributed by atoms with E-state index in [-0.39, 0.29) is 17.5 Å². The summed E-state index contributed by atoms with van der Waals surface area (Å²) in [6.45, 7) is 0. The number of H-pyrrole nitrogens is 1. The molecule has 0 spiro atoms. The molecule has 18 heavy (non-hydrogen) atoms. The van der Waals surface area contributed by atoms with Crippen LogP contribution in [0.15, 0.2) is 29.4 Å². The van der Waals surface area contributed by atoms with Crippen molar-refractivity contribution in [1.29, 1.82) is 0 Å². The van der Waals surface area contributed by atoms with Gasteiger partial charge in [0, 0.05) is 5.56 Å². The van der Waals surface area contributed by atoms with Crippen molar-refractivity contribution < 1.29 is 9.90 Å². The van der Waals surface area contributed by atoms with Crippen LogP contribution in [0.1, 0.15) is 16.2 Å². The predicted molar refractivity (Wildman–Crippen MR) is 64.0 cm³/mol. The lowest BCUT2D eigenvalue weighted by atomic mass is 10.2. The van der Waals surface area contributed by atoms with E-state index in [9.17, 15) is 9.90 Å². The number of aromatic nitrogens is 3. The van der Waals surface area contributed by atoms with Crippen molar-refractivity contribution in [3.63, 3.8) is 0 Å². The molecule has 0 atom stereocenters. The van der Waals surface area contributed by atoms with Crippen LogP contribution in [0.5, 0.6) is 5.75 Å². The van der Waals surface area contributed by atoms with Crippen LogP contribution in [0.3, 0.4) is 0 Å². The van der Waals surface area contributed by atoms with E-state index < -0.39 is 5.91 Å². The number of nitrogens with zero attached hydrogens (tertiary/aromatic N) is 3. The number of carbonyl (C=O) groups excluding carboxylic acids is 1. The molecule has 0 saturated carbocycles. The fourth-order valence-corrected chi connectivity index (χ4v) is 1.19. The second kappa shape index (κ2) is 4.95. The monoisotopic (exact) mass is 246 g/mol. The number of nitrogens with two attached hydrogens (primary N) is 1. The summed E-state index contributed by atoms with van der Waals surface area (Å²) in [5.74, 6) is -0.572. The number of nitrogen functional groups attached to an aromatic ring is 1. The average Bonchev–Trinajstić information content (AvgIpc) is 2.78. The maximum atomic E-state index is 11.5. The Morgan fingerprint density at radius 2 is 2.28 bits per heavy atom. The molecule has 0 unspecified atom stereocenters. The SMILES string of the molecule is Nc1n[nH]c(C(=O)N/N=C/c2ccccc2O)n1. The summed E-state index contributed by atoms with van der Waals surface area (Å²) in [6, 6.07) is 6.58. The molecule has 0 saturated heterocycles. The zero-order valence-electron chi connectivity index (χ0n) is 9.16. The van der Waals surface area contributed by atoms with E-state index in [0.29, 0.717) is 5.56 Å². The molecule has 0 aliphatic heterocycles. The highest BCUT2D eigenvalue weighted by molar-refractivity contribution is 5.92. The number of amides is 1. The van der Waals surface area contributed by atoms with Crippen molar-refractivity contribution in [2.45, 2.75) is 0 Å². The van der Waals surface area contributed by atoms with Gasteiger partial charge >= 0.3 is 5.91 Å². The zero-order chi connectivity index (χ0) is 13.0. The topological polar surface area (TPSA) is 129 Å². The molecule has 1 amide bonds. The Labute approximate surface area is 102 Å². The molecular formula is C10H10N6O2.